The van der Waals surface area contributed by atoms with Crippen molar-refractivity contribution in [2.24, 2.45) is 0 Å². The van der Waals surface area contributed by atoms with Gasteiger partial charge < -0.3 is 30.6 Å². The van der Waals surface area contributed by atoms with Gasteiger partial charge in [-0.3, -0.25) is 0 Å². The van der Waals surface area contributed by atoms with Gasteiger partial charge in [-0.1, -0.05) is 111 Å². The molecular weight excluding hydrogens is 857 g/mol. The minimum Gasteiger partial charge on any atom is -0.394 e. The van der Waals surface area contributed by atoms with Crippen molar-refractivity contribution in [1.82, 2.24) is 20.4 Å². The third kappa shape index (κ3) is 11.4. The Hall–Kier alpha value is -6.76. The van der Waals surface area contributed by atoms with Crippen LogP contribution in [0, 0.1) is 23.3 Å². The number of carbonyl (C=O) groups is 2. The topological polar surface area (TPSA) is 105 Å². The summed E-state index contributed by atoms with van der Waals surface area (Å²) in [6.45, 7) is 8.35. The highest BCUT2D eigenvalue weighted by Gasteiger charge is 2.43. The Labute approximate surface area is 390 Å². The predicted molar refractivity (Wildman–Crippen MR) is 256 cm³/mol. The van der Waals surface area contributed by atoms with Crippen molar-refractivity contribution >= 4 is 12.1 Å². The lowest BCUT2D eigenvalue weighted by Gasteiger charge is -2.45. The van der Waals surface area contributed by atoms with Crippen LogP contribution >= 0.6 is 0 Å². The first-order valence-electron chi connectivity index (χ1n) is 22.0. The Kier molecular flexibility index (Phi) is 16.1. The van der Waals surface area contributed by atoms with E-state index in [2.05, 4.69) is 17.2 Å². The minimum atomic E-state index is -1.02. The van der Waals surface area contributed by atoms with Gasteiger partial charge in [0.2, 0.25) is 0 Å². The molecule has 0 radical (unpaired) electrons. The van der Waals surface area contributed by atoms with Gasteiger partial charge in [-0.15, -0.1) is 6.58 Å². The number of nitrogens with one attached hydrogen (secondary N) is 2. The zero-order valence-corrected chi connectivity index (χ0v) is 36.9. The molecule has 5 atom stereocenters. The molecule has 6 aromatic carbocycles. The van der Waals surface area contributed by atoms with Gasteiger partial charge in [0.05, 0.1) is 35.9 Å². The van der Waals surface area contributed by atoms with Crippen molar-refractivity contribution < 1.29 is 37.4 Å². The van der Waals surface area contributed by atoms with E-state index in [1.54, 1.807) is 59.5 Å². The van der Waals surface area contributed by atoms with Crippen LogP contribution in [0.2, 0.25) is 0 Å². The van der Waals surface area contributed by atoms with E-state index in [4.69, 9.17) is 0 Å². The molecule has 0 spiro atoms. The number of aliphatic hydroxyl groups excluding tert-OH is 2. The lowest BCUT2D eigenvalue weighted by molar-refractivity contribution is 0.0441. The zero-order chi connectivity index (χ0) is 47.0. The first-order chi connectivity index (χ1) is 31.7. The number of hydrogen-bond acceptors (Lipinski definition) is 4. The quantitative estimate of drug-likeness (QED) is 0.0684. The van der Waals surface area contributed by atoms with Gasteiger partial charge in [0.25, 0.3) is 0 Å². The number of rotatable bonds is 13. The van der Waals surface area contributed by atoms with Gasteiger partial charge in [0, 0.05) is 19.5 Å². The zero-order valence-electron chi connectivity index (χ0n) is 36.9. The van der Waals surface area contributed by atoms with Crippen LogP contribution in [0.4, 0.5) is 27.2 Å². The molecule has 8 rings (SSSR count). The predicted octanol–water partition coefficient (Wildman–Crippen LogP) is 12.0. The van der Waals surface area contributed by atoms with E-state index >= 15 is 0 Å². The van der Waals surface area contributed by atoms with E-state index in [0.717, 1.165) is 38.9 Å². The third-order valence-electron chi connectivity index (χ3n) is 12.9. The maximum absolute atomic E-state index is 13.5. The van der Waals surface area contributed by atoms with Gasteiger partial charge in [-0.25, -0.2) is 27.2 Å². The number of aliphatic hydroxyl groups is 2. The normalized spacial score (nSPS) is 19.4. The molecule has 2 aliphatic rings. The molecule has 0 bridgehead atoms. The summed E-state index contributed by atoms with van der Waals surface area (Å²) < 4.78 is 53.3. The highest BCUT2D eigenvalue weighted by molar-refractivity contribution is 5.78. The number of halogens is 4. The lowest BCUT2D eigenvalue weighted by Crippen LogP contribution is -2.59. The van der Waals surface area contributed by atoms with Crippen LogP contribution in [0.25, 0.3) is 22.3 Å². The molecule has 2 aliphatic heterocycles. The second-order valence-electron chi connectivity index (χ2n) is 17.1. The molecule has 0 aliphatic carbocycles. The summed E-state index contributed by atoms with van der Waals surface area (Å²) in [6.07, 6.45) is 2.63. The standard InChI is InChI=1S/C27H28F2N2O3.C27H26F2N2O.CH4/c1-18(19-2-4-20(5-3-19)21-6-10-23(28)11-7-21)31-15-14-27(30-26(31)34,16-25(33)17-32)22-8-12-24(29)13-9-22;1-3-16-27(23-10-14-25(29)15-11-23)17-18-31(26(32)30-27)19(2)20-4-6-21(7-5-20)22-8-12-24(28)13-9-22;/h2-13,18,25,32-33H,14-17H2,1H3,(H,30,34);3-15,19H,1,16-18H2,2H3,(H,30,32);1H4/t18-,25?,27-;19-,27+;/m00./s1. The van der Waals surface area contributed by atoms with Gasteiger partial charge in [-0.05, 0) is 126 Å². The van der Waals surface area contributed by atoms with Crippen molar-refractivity contribution in [1.29, 1.82) is 0 Å². The maximum Gasteiger partial charge on any atom is 0.318 e. The van der Waals surface area contributed by atoms with Crippen molar-refractivity contribution in [2.75, 3.05) is 19.7 Å². The Bertz CT molecular complexity index is 2580. The number of nitrogens with zero attached hydrogens (tertiary/aromatic N) is 2. The van der Waals surface area contributed by atoms with Crippen LogP contribution in [-0.4, -0.2) is 57.9 Å². The van der Waals surface area contributed by atoms with Gasteiger partial charge >= 0.3 is 12.1 Å². The van der Waals surface area contributed by atoms with Crippen molar-refractivity contribution in [3.63, 3.8) is 0 Å². The fourth-order valence-electron chi connectivity index (χ4n) is 9.02. The van der Waals surface area contributed by atoms with E-state index < -0.39 is 23.8 Å². The average molecular weight is 915 g/mol. The Morgan fingerprint density at radius 1 is 0.567 bits per heavy atom. The van der Waals surface area contributed by atoms with E-state index in [0.29, 0.717) is 37.9 Å². The molecular formula is C55H58F4N4O4. The first kappa shape index (κ1) is 49.7. The lowest BCUT2D eigenvalue weighted by atomic mass is 9.80. The molecule has 1 unspecified atom stereocenters. The summed E-state index contributed by atoms with van der Waals surface area (Å²) in [5, 5.41) is 25.7. The molecule has 4 amide bonds. The van der Waals surface area contributed by atoms with E-state index in [9.17, 15) is 37.4 Å². The van der Waals surface area contributed by atoms with E-state index in [1.807, 2.05) is 67.3 Å². The van der Waals surface area contributed by atoms with Crippen molar-refractivity contribution in [3.8, 4) is 22.3 Å². The van der Waals surface area contributed by atoms with Crippen LogP contribution in [0.5, 0.6) is 0 Å². The fourth-order valence-corrected chi connectivity index (χ4v) is 9.02. The smallest absolute Gasteiger partial charge is 0.318 e. The molecule has 6 aromatic rings. The molecule has 0 saturated carbocycles. The molecule has 350 valence electrons. The van der Waals surface area contributed by atoms with Crippen LogP contribution in [0.1, 0.15) is 81.3 Å². The summed E-state index contributed by atoms with van der Waals surface area (Å²) in [5.41, 5.74) is 5.82. The number of benzene rings is 6. The molecule has 67 heavy (non-hydrogen) atoms. The number of hydrogen-bond donors (Lipinski definition) is 4. The van der Waals surface area contributed by atoms with Gasteiger partial charge in [0.1, 0.15) is 23.3 Å². The Morgan fingerprint density at radius 3 is 1.22 bits per heavy atom. The molecule has 2 saturated heterocycles. The SMILES string of the molecule is C.C=CC[C@]1(c2ccc(F)cc2)CCN([C@@H](C)c2ccc(-c3ccc(F)cc3)cc2)C(=O)N1.C[C@@H](c1ccc(-c2ccc(F)cc2)cc1)N1CC[C@](CC(O)CO)(c2ccc(F)cc2)NC1=O. The first-order valence-corrected chi connectivity index (χ1v) is 22.0. The number of carbonyl (C=O) groups excluding carboxylic acids is 2. The monoisotopic (exact) mass is 914 g/mol. The van der Waals surface area contributed by atoms with E-state index in [-0.39, 0.29) is 61.3 Å². The Balaban J connectivity index is 0.000000218. The average Bonchev–Trinajstić information content (AvgIpc) is 3.32. The molecule has 2 fully saturated rings. The highest BCUT2D eigenvalue weighted by Crippen LogP contribution is 2.38. The minimum absolute atomic E-state index is 0. The molecule has 2 heterocycles. The number of urea groups is 2. The second-order valence-corrected chi connectivity index (χ2v) is 17.1. The third-order valence-corrected chi connectivity index (χ3v) is 12.9. The van der Waals surface area contributed by atoms with Gasteiger partial charge in [-0.2, -0.15) is 0 Å². The summed E-state index contributed by atoms with van der Waals surface area (Å²) in [7, 11) is 0. The molecule has 12 heteroatoms. The number of amides is 4. The Morgan fingerprint density at radius 2 is 0.881 bits per heavy atom. The van der Waals surface area contributed by atoms with Crippen LogP contribution in [0.15, 0.2) is 158 Å². The highest BCUT2D eigenvalue weighted by atomic mass is 19.1. The summed E-state index contributed by atoms with van der Waals surface area (Å²) in [6, 6.07) is 39.8. The van der Waals surface area contributed by atoms with Crippen LogP contribution < -0.4 is 10.6 Å². The van der Waals surface area contributed by atoms with Crippen molar-refractivity contribution in [3.05, 3.63) is 204 Å². The van der Waals surface area contributed by atoms with Crippen molar-refractivity contribution in [2.45, 2.75) is 76.2 Å². The molecule has 4 N–H and O–H groups in total. The summed E-state index contributed by atoms with van der Waals surface area (Å²) in [5.74, 6) is -1.23. The van der Waals surface area contributed by atoms with Crippen LogP contribution in [0.3, 0.4) is 0 Å². The summed E-state index contributed by atoms with van der Waals surface area (Å²) >= 11 is 0. The van der Waals surface area contributed by atoms with Crippen LogP contribution in [-0.2, 0) is 11.1 Å². The van der Waals surface area contributed by atoms with E-state index in [1.165, 1.54) is 48.5 Å². The largest absolute Gasteiger partial charge is 0.394 e. The summed E-state index contributed by atoms with van der Waals surface area (Å²) in [4.78, 5) is 29.9. The maximum atomic E-state index is 13.5. The molecule has 0 aromatic heterocycles. The second kappa shape index (κ2) is 21.7. The van der Waals surface area contributed by atoms with Gasteiger partial charge in [0.15, 0.2) is 0 Å². The fraction of sp³-hybridized carbons (Fsp3) is 0.273. The molecule has 8 nitrogen and oxygen atoms in total.